The summed E-state index contributed by atoms with van der Waals surface area (Å²) in [4.78, 5) is 0. The van der Waals surface area contributed by atoms with E-state index in [1.165, 1.54) is 12.5 Å². The minimum atomic E-state index is -1.48. The van der Waals surface area contributed by atoms with Crippen LogP contribution < -0.4 is 0 Å². The van der Waals surface area contributed by atoms with Crippen LogP contribution >= 0.6 is 0 Å². The van der Waals surface area contributed by atoms with E-state index >= 15 is 0 Å². The lowest BCUT2D eigenvalue weighted by Gasteiger charge is -2.49. The van der Waals surface area contributed by atoms with E-state index in [9.17, 15) is 0 Å². The molecule has 0 spiro atoms. The molecule has 0 N–H and O–H groups in total. The largest absolute Gasteiger partial charge is 0.404 e. The van der Waals surface area contributed by atoms with Crippen molar-refractivity contribution >= 4 is 24.8 Å². The SMILES string of the molecule is CCC[Si](C)(C)OC(C)N([Si](C)(C)C)[Si](C)(C)C. The maximum atomic E-state index is 6.53. The number of hydrogen-bond donors (Lipinski definition) is 0. The van der Waals surface area contributed by atoms with Crippen LogP contribution in [0.5, 0.6) is 0 Å². The normalized spacial score (nSPS) is 16.2. The van der Waals surface area contributed by atoms with E-state index in [0.29, 0.717) is 6.23 Å². The maximum absolute atomic E-state index is 6.53. The smallest absolute Gasteiger partial charge is 0.188 e. The molecular weight excluding hydrogens is 270 g/mol. The lowest BCUT2D eigenvalue weighted by molar-refractivity contribution is 0.133. The lowest BCUT2D eigenvalue weighted by atomic mass is 10.6. The van der Waals surface area contributed by atoms with Crippen molar-refractivity contribution in [2.24, 2.45) is 0 Å². The molecule has 18 heavy (non-hydrogen) atoms. The summed E-state index contributed by atoms with van der Waals surface area (Å²) < 4.78 is 9.30. The molecule has 0 fully saturated rings. The van der Waals surface area contributed by atoms with Crippen molar-refractivity contribution in [3.63, 3.8) is 0 Å². The van der Waals surface area contributed by atoms with Gasteiger partial charge in [0.1, 0.15) is 16.5 Å². The Morgan fingerprint density at radius 1 is 0.889 bits per heavy atom. The van der Waals surface area contributed by atoms with Crippen LogP contribution in [0.25, 0.3) is 0 Å². The highest BCUT2D eigenvalue weighted by Crippen LogP contribution is 2.26. The van der Waals surface area contributed by atoms with Gasteiger partial charge in [0.05, 0.1) is 6.23 Å². The van der Waals surface area contributed by atoms with E-state index in [-0.39, 0.29) is 0 Å². The molecule has 110 valence electrons. The van der Waals surface area contributed by atoms with Crippen LogP contribution in [0.1, 0.15) is 20.3 Å². The quantitative estimate of drug-likeness (QED) is 0.488. The predicted molar refractivity (Wildman–Crippen MR) is 91.7 cm³/mol. The van der Waals surface area contributed by atoms with Gasteiger partial charge in [0.2, 0.25) is 0 Å². The number of nitrogens with zero attached hydrogens (tertiary/aromatic N) is 1. The fourth-order valence-corrected chi connectivity index (χ4v) is 16.2. The highest BCUT2D eigenvalue weighted by atomic mass is 28.4. The summed E-state index contributed by atoms with van der Waals surface area (Å²) in [6.07, 6.45) is 1.54. The Hall–Kier alpha value is 0.571. The molecule has 0 saturated heterocycles. The molecule has 0 radical (unpaired) electrons. The fourth-order valence-electron chi connectivity index (χ4n) is 3.27. The molecular formula is C13H35NOSi3. The van der Waals surface area contributed by atoms with Crippen LogP contribution in [-0.4, -0.2) is 35.2 Å². The molecule has 0 aromatic carbocycles. The van der Waals surface area contributed by atoms with Crippen molar-refractivity contribution in [1.82, 2.24) is 4.23 Å². The van der Waals surface area contributed by atoms with E-state index in [1.807, 2.05) is 0 Å². The van der Waals surface area contributed by atoms with Gasteiger partial charge in [0, 0.05) is 0 Å². The highest BCUT2D eigenvalue weighted by molar-refractivity contribution is 6.89. The first-order valence-corrected chi connectivity index (χ1v) is 17.3. The van der Waals surface area contributed by atoms with Crippen LogP contribution in [0.15, 0.2) is 0 Å². The summed E-state index contributed by atoms with van der Waals surface area (Å²) in [5, 5.41) is 0. The Labute approximate surface area is 118 Å². The van der Waals surface area contributed by atoms with Crippen molar-refractivity contribution < 1.29 is 4.43 Å². The standard InChI is InChI=1S/C13H35NOSi3/c1-11-12-18(9,10)15-13(2)14(16(3,4)5)17(6,7)8/h13H,11-12H2,1-10H3. The molecule has 0 saturated carbocycles. The monoisotopic (exact) mass is 305 g/mol. The topological polar surface area (TPSA) is 12.5 Å². The van der Waals surface area contributed by atoms with Crippen molar-refractivity contribution in [2.75, 3.05) is 0 Å². The van der Waals surface area contributed by atoms with Crippen molar-refractivity contribution in [3.05, 3.63) is 0 Å². The van der Waals surface area contributed by atoms with Crippen LogP contribution in [0, 0.1) is 0 Å². The van der Waals surface area contributed by atoms with E-state index in [1.54, 1.807) is 0 Å². The van der Waals surface area contributed by atoms with Gasteiger partial charge in [-0.15, -0.1) is 0 Å². The first-order valence-electron chi connectivity index (χ1n) is 7.28. The Morgan fingerprint density at radius 2 is 1.28 bits per heavy atom. The summed E-state index contributed by atoms with van der Waals surface area (Å²) in [5.41, 5.74) is 0. The molecule has 0 amide bonds. The molecule has 1 unspecified atom stereocenters. The third kappa shape index (κ3) is 6.14. The summed E-state index contributed by atoms with van der Waals surface area (Å²) in [6.45, 7) is 23.9. The van der Waals surface area contributed by atoms with Gasteiger partial charge in [-0.1, -0.05) is 52.6 Å². The van der Waals surface area contributed by atoms with E-state index < -0.39 is 24.8 Å². The van der Waals surface area contributed by atoms with Gasteiger partial charge in [-0.3, -0.25) is 0 Å². The minimum absolute atomic E-state index is 0.302. The maximum Gasteiger partial charge on any atom is 0.188 e. The second kappa shape index (κ2) is 6.35. The number of hydrogen-bond acceptors (Lipinski definition) is 2. The Morgan fingerprint density at radius 3 is 1.56 bits per heavy atom. The van der Waals surface area contributed by atoms with Crippen molar-refractivity contribution in [3.8, 4) is 0 Å². The minimum Gasteiger partial charge on any atom is -0.404 e. The third-order valence-electron chi connectivity index (χ3n) is 3.15. The molecule has 0 bridgehead atoms. The fraction of sp³-hybridized carbons (Fsp3) is 1.00. The van der Waals surface area contributed by atoms with Crippen LogP contribution in [0.3, 0.4) is 0 Å². The second-order valence-electron chi connectivity index (χ2n) is 7.94. The molecule has 0 rings (SSSR count). The van der Waals surface area contributed by atoms with Crippen LogP contribution in [0.2, 0.25) is 58.4 Å². The Kier molecular flexibility index (Phi) is 6.55. The average Bonchev–Trinajstić information content (AvgIpc) is 1.94. The van der Waals surface area contributed by atoms with Gasteiger partial charge >= 0.3 is 0 Å². The summed E-state index contributed by atoms with van der Waals surface area (Å²) in [5.74, 6) is 0. The molecule has 5 heteroatoms. The van der Waals surface area contributed by atoms with E-state index in [4.69, 9.17) is 4.43 Å². The average molecular weight is 306 g/mol. The number of rotatable bonds is 7. The van der Waals surface area contributed by atoms with Gasteiger partial charge in [-0.25, -0.2) is 0 Å². The summed E-state index contributed by atoms with van der Waals surface area (Å²) in [6, 6.07) is 1.27. The molecule has 0 heterocycles. The van der Waals surface area contributed by atoms with Gasteiger partial charge < -0.3 is 8.66 Å². The summed E-state index contributed by atoms with van der Waals surface area (Å²) in [7, 11) is -4.12. The van der Waals surface area contributed by atoms with Crippen LogP contribution in [-0.2, 0) is 4.43 Å². The predicted octanol–water partition coefficient (Wildman–Crippen LogP) is 4.94. The molecule has 1 atom stereocenters. The molecule has 2 nitrogen and oxygen atoms in total. The molecule has 0 aromatic heterocycles. The van der Waals surface area contributed by atoms with Crippen molar-refractivity contribution in [2.45, 2.75) is 84.9 Å². The van der Waals surface area contributed by atoms with Gasteiger partial charge in [0.25, 0.3) is 0 Å². The molecule has 0 aromatic rings. The van der Waals surface area contributed by atoms with Crippen LogP contribution in [0.4, 0.5) is 0 Å². The second-order valence-corrected chi connectivity index (χ2v) is 22.3. The Bertz CT molecular complexity index is 242. The van der Waals surface area contributed by atoms with E-state index in [2.05, 4.69) is 70.5 Å². The summed E-state index contributed by atoms with van der Waals surface area (Å²) >= 11 is 0. The van der Waals surface area contributed by atoms with Crippen molar-refractivity contribution in [1.29, 1.82) is 0 Å². The lowest BCUT2D eigenvalue weighted by Crippen LogP contribution is -2.64. The first-order chi connectivity index (χ1) is 7.81. The zero-order valence-corrected chi connectivity index (χ0v) is 17.3. The first kappa shape index (κ1) is 18.6. The molecule has 0 aliphatic heterocycles. The molecule has 0 aliphatic rings. The third-order valence-corrected chi connectivity index (χ3v) is 13.5. The van der Waals surface area contributed by atoms with E-state index in [0.717, 1.165) is 0 Å². The van der Waals surface area contributed by atoms with Gasteiger partial charge in [-0.05, 0) is 26.1 Å². The Balaban J connectivity index is 4.95. The van der Waals surface area contributed by atoms with Gasteiger partial charge in [0.15, 0.2) is 8.32 Å². The zero-order valence-electron chi connectivity index (χ0n) is 14.3. The van der Waals surface area contributed by atoms with Gasteiger partial charge in [-0.2, -0.15) is 0 Å². The molecule has 0 aliphatic carbocycles. The zero-order chi connectivity index (χ0) is 14.8. The highest BCUT2D eigenvalue weighted by Gasteiger charge is 2.40.